The first-order chi connectivity index (χ1) is 21.5. The molecular weight excluding hydrogens is 612 g/mol. The van der Waals surface area contributed by atoms with Gasteiger partial charge in [-0.15, -0.1) is 11.8 Å². The number of ether oxygens (including phenoxy) is 4. The summed E-state index contributed by atoms with van der Waals surface area (Å²) < 4.78 is 51.1. The van der Waals surface area contributed by atoms with Crippen molar-refractivity contribution in [1.82, 2.24) is 4.90 Å². The van der Waals surface area contributed by atoms with Crippen molar-refractivity contribution in [3.8, 4) is 11.5 Å². The number of fused-ring (bicyclic) bond motifs is 3. The first-order valence-corrected chi connectivity index (χ1v) is 15.1. The van der Waals surface area contributed by atoms with Gasteiger partial charge in [0.15, 0.2) is 11.6 Å². The molecule has 3 aromatic rings. The number of hydrogen-bond acceptors (Lipinski definition) is 11. The maximum Gasteiger partial charge on any atom is 0.515 e. The van der Waals surface area contributed by atoms with Crippen LogP contribution < -0.4 is 24.7 Å². The first-order valence-electron chi connectivity index (χ1n) is 14.1. The Morgan fingerprint density at radius 1 is 1.18 bits per heavy atom. The molecule has 14 heteroatoms. The summed E-state index contributed by atoms with van der Waals surface area (Å²) >= 11 is 1.41. The lowest BCUT2D eigenvalue weighted by molar-refractivity contribution is -0.582. The number of nitrogens with zero attached hydrogens (tertiary/aromatic N) is 3. The molecule has 3 atom stereocenters. The van der Waals surface area contributed by atoms with E-state index in [0.717, 1.165) is 35.3 Å². The fraction of sp³-hybridized carbons (Fsp3) is 0.355. The average molecular weight is 639 g/mol. The van der Waals surface area contributed by atoms with Crippen LogP contribution in [0.15, 0.2) is 52.6 Å². The molecule has 1 spiro atoms. The number of halogens is 2. The Hall–Kier alpha value is -4.43. The molecule has 1 aliphatic carbocycles. The van der Waals surface area contributed by atoms with E-state index in [1.54, 1.807) is 6.07 Å². The first kappa shape index (κ1) is 29.3. The predicted octanol–water partition coefficient (Wildman–Crippen LogP) is 1.66. The number of carbonyl (C=O) groups is 2. The van der Waals surface area contributed by atoms with Gasteiger partial charge in [-0.2, -0.15) is 0 Å². The molecule has 4 heterocycles. The molecule has 1 saturated carbocycles. The molecule has 0 N–H and O–H groups in total. The highest BCUT2D eigenvalue weighted by Gasteiger charge is 2.76. The molecule has 0 amide bonds. The number of aromatic nitrogens is 1. The summed E-state index contributed by atoms with van der Waals surface area (Å²) in [5.41, 5.74) is -0.109. The minimum Gasteiger partial charge on any atom is -0.870 e. The van der Waals surface area contributed by atoms with E-state index in [-0.39, 0.29) is 24.3 Å². The lowest BCUT2D eigenvalue weighted by Crippen LogP contribution is -2.59. The molecule has 234 valence electrons. The number of methoxy groups -OCH3 is 1. The Bertz CT molecular complexity index is 1920. The lowest BCUT2D eigenvalue weighted by atomic mass is 9.94. The smallest absolute Gasteiger partial charge is 0.515 e. The van der Waals surface area contributed by atoms with Crippen molar-refractivity contribution in [3.05, 3.63) is 81.8 Å². The zero-order valence-corrected chi connectivity index (χ0v) is 25.1. The third kappa shape index (κ3) is 4.41. The second-order valence-corrected chi connectivity index (χ2v) is 12.6. The summed E-state index contributed by atoms with van der Waals surface area (Å²) in [6.07, 6.45) is -0.241. The molecule has 3 aliphatic heterocycles. The van der Waals surface area contributed by atoms with Gasteiger partial charge in [-0.05, 0) is 58.6 Å². The monoisotopic (exact) mass is 638 g/mol. The third-order valence-corrected chi connectivity index (χ3v) is 9.73. The van der Waals surface area contributed by atoms with E-state index in [2.05, 4.69) is 4.74 Å². The summed E-state index contributed by atoms with van der Waals surface area (Å²) in [6, 6.07) is 9.57. The summed E-state index contributed by atoms with van der Waals surface area (Å²) in [4.78, 5) is 27.1. The molecule has 0 bridgehead atoms. The molecule has 7 rings (SSSR count). The number of pyridine rings is 1. The summed E-state index contributed by atoms with van der Waals surface area (Å²) in [6.45, 7) is 2.92. The third-order valence-electron chi connectivity index (χ3n) is 8.60. The second kappa shape index (κ2) is 10.3. The molecular formula is C31H26F2N3O8S-. The van der Waals surface area contributed by atoms with E-state index < -0.39 is 64.4 Å². The van der Waals surface area contributed by atoms with E-state index in [4.69, 9.17) is 19.3 Å². The molecule has 2 fully saturated rings. The van der Waals surface area contributed by atoms with Crippen molar-refractivity contribution in [2.24, 2.45) is 5.11 Å². The van der Waals surface area contributed by atoms with Crippen molar-refractivity contribution in [2.45, 2.75) is 54.2 Å². The second-order valence-electron chi connectivity index (χ2n) is 11.6. The van der Waals surface area contributed by atoms with Gasteiger partial charge in [0.25, 0.3) is 5.35 Å². The summed E-state index contributed by atoms with van der Waals surface area (Å²) in [7, 11) is 1.13. The van der Waals surface area contributed by atoms with Crippen molar-refractivity contribution >= 4 is 29.8 Å². The van der Waals surface area contributed by atoms with Crippen LogP contribution in [0.2, 0.25) is 0 Å². The van der Waals surface area contributed by atoms with Crippen LogP contribution in [0.1, 0.15) is 42.0 Å². The van der Waals surface area contributed by atoms with E-state index >= 15 is 0 Å². The minimum atomic E-state index is -1.72. The topological polar surface area (TPSA) is 139 Å². The van der Waals surface area contributed by atoms with Crippen LogP contribution in [-0.4, -0.2) is 54.7 Å². The Kier molecular flexibility index (Phi) is 6.71. The van der Waals surface area contributed by atoms with Crippen LogP contribution in [0.4, 0.5) is 13.6 Å². The van der Waals surface area contributed by atoms with Gasteiger partial charge < -0.3 is 34.1 Å². The quantitative estimate of drug-likeness (QED) is 0.306. The van der Waals surface area contributed by atoms with Gasteiger partial charge in [0, 0.05) is 34.7 Å². The fourth-order valence-electron chi connectivity index (χ4n) is 6.43. The van der Waals surface area contributed by atoms with Gasteiger partial charge in [-0.25, -0.2) is 18.4 Å². The molecule has 11 nitrogen and oxygen atoms in total. The number of benzene rings is 2. The van der Waals surface area contributed by atoms with Crippen molar-refractivity contribution in [3.63, 3.8) is 0 Å². The largest absolute Gasteiger partial charge is 0.870 e. The zero-order chi connectivity index (χ0) is 31.8. The number of thioether (sulfide) groups is 1. The van der Waals surface area contributed by atoms with Gasteiger partial charge in [-0.3, -0.25) is 0 Å². The van der Waals surface area contributed by atoms with Gasteiger partial charge in [-0.1, -0.05) is 23.9 Å². The van der Waals surface area contributed by atoms with Crippen LogP contribution in [0, 0.1) is 11.6 Å². The number of morpholine rings is 1. The highest BCUT2D eigenvalue weighted by molar-refractivity contribution is 7.98. The SMILES string of the molecule is COC(=O)C(C)(C)OC(=O)Oc1c([O-])cc[n+]2c1=C([O-])N1CCO[C@H]3C(c4cccc5c4Cc4ccc(F)c(F)c4CS5)[C@]31N=2. The number of carbonyl (C=O) groups excluding carboxylic acids is 2. The zero-order valence-electron chi connectivity index (χ0n) is 24.3. The standard InChI is InChI=1S/C31H26F2N3O8S/c1-30(2,28(39)41-3)44-29(40)43-25-20(37)9-10-36-24(25)27(38)35-11-12-42-26-22(31(26,35)34-36)16-5-4-6-21-17(16)13-15-7-8-19(32)23(33)18(15)14-45-21/h4-10,22,26H,11-14H2,1-3H3/q-1/t22?,26-,31+/m0/s1. The maximum atomic E-state index is 14.7. The molecule has 1 unspecified atom stereocenters. The lowest BCUT2D eigenvalue weighted by Gasteiger charge is -2.38. The predicted molar refractivity (Wildman–Crippen MR) is 147 cm³/mol. The van der Waals surface area contributed by atoms with Crippen LogP contribution in [-0.2, 0) is 31.2 Å². The summed E-state index contributed by atoms with van der Waals surface area (Å²) in [5.74, 6) is -4.70. The van der Waals surface area contributed by atoms with E-state index in [1.165, 1.54) is 41.1 Å². The molecule has 4 aliphatic rings. The minimum absolute atomic E-state index is 0.148. The van der Waals surface area contributed by atoms with Crippen molar-refractivity contribution in [2.75, 3.05) is 20.3 Å². The van der Waals surface area contributed by atoms with E-state index in [0.29, 0.717) is 17.5 Å². The average Bonchev–Trinajstić information content (AvgIpc) is 3.71. The van der Waals surface area contributed by atoms with Crippen LogP contribution in [0.3, 0.4) is 0 Å². The van der Waals surface area contributed by atoms with Gasteiger partial charge in [0.1, 0.15) is 6.10 Å². The van der Waals surface area contributed by atoms with Crippen LogP contribution in [0.25, 0.3) is 5.88 Å². The number of rotatable bonds is 4. The van der Waals surface area contributed by atoms with Crippen LogP contribution >= 0.6 is 11.8 Å². The van der Waals surface area contributed by atoms with E-state index in [9.17, 15) is 28.6 Å². The van der Waals surface area contributed by atoms with Crippen molar-refractivity contribution < 1.29 is 51.9 Å². The fourth-order valence-corrected chi connectivity index (χ4v) is 7.58. The number of hydrogen-bond donors (Lipinski definition) is 0. The molecule has 1 aromatic heterocycles. The highest BCUT2D eigenvalue weighted by atomic mass is 32.2. The Labute approximate surface area is 259 Å². The van der Waals surface area contributed by atoms with E-state index in [1.807, 2.05) is 18.2 Å². The van der Waals surface area contributed by atoms with Gasteiger partial charge >= 0.3 is 12.1 Å². The van der Waals surface area contributed by atoms with Gasteiger partial charge in [0.2, 0.25) is 23.2 Å². The van der Waals surface area contributed by atoms with Gasteiger partial charge in [0.05, 0.1) is 19.6 Å². The Balaban J connectivity index is 1.29. The van der Waals surface area contributed by atoms with Crippen molar-refractivity contribution in [1.29, 1.82) is 0 Å². The molecule has 1 saturated heterocycles. The normalized spacial score (nSPS) is 22.8. The maximum absolute atomic E-state index is 14.7. The molecule has 2 aromatic carbocycles. The highest BCUT2D eigenvalue weighted by Crippen LogP contribution is 2.62. The Morgan fingerprint density at radius 2 is 1.98 bits per heavy atom. The molecule has 45 heavy (non-hydrogen) atoms. The number of esters is 1. The van der Waals surface area contributed by atoms with Crippen LogP contribution in [0.5, 0.6) is 11.5 Å². The summed E-state index contributed by atoms with van der Waals surface area (Å²) in [5, 5.41) is 31.6. The molecule has 0 radical (unpaired) electrons. The Morgan fingerprint density at radius 3 is 2.76 bits per heavy atom.